The smallest absolute Gasteiger partial charge is 0.127 e. The Labute approximate surface area is 139 Å². The summed E-state index contributed by atoms with van der Waals surface area (Å²) in [5.41, 5.74) is 1.27. The van der Waals surface area contributed by atoms with Crippen LogP contribution in [-0.4, -0.2) is 75.4 Å². The second kappa shape index (κ2) is 10.0. The molecule has 1 aliphatic rings. The Morgan fingerprint density at radius 3 is 2.35 bits per heavy atom. The van der Waals surface area contributed by atoms with E-state index in [2.05, 4.69) is 19.1 Å². The molecule has 0 radical (unpaired) electrons. The molecule has 1 aromatic rings. The highest BCUT2D eigenvalue weighted by Gasteiger charge is 2.24. The van der Waals surface area contributed by atoms with Crippen molar-refractivity contribution in [2.45, 2.75) is 18.9 Å². The lowest BCUT2D eigenvalue weighted by atomic mass is 10.0. The summed E-state index contributed by atoms with van der Waals surface area (Å²) in [5.74, 6) is 0.348. The number of nitrogens with one attached hydrogen (secondary N) is 2. The third-order valence-electron chi connectivity index (χ3n) is 4.70. The van der Waals surface area contributed by atoms with Crippen LogP contribution in [0.4, 0.5) is 0 Å². The summed E-state index contributed by atoms with van der Waals surface area (Å²) >= 11 is 0. The fourth-order valence-corrected chi connectivity index (χ4v) is 3.22. The van der Waals surface area contributed by atoms with Crippen LogP contribution in [0.15, 0.2) is 30.3 Å². The minimum absolute atomic E-state index is 0.265. The molecule has 1 heterocycles. The van der Waals surface area contributed by atoms with E-state index in [0.717, 1.165) is 39.3 Å². The van der Waals surface area contributed by atoms with Crippen LogP contribution >= 0.6 is 0 Å². The van der Waals surface area contributed by atoms with Crippen LogP contribution in [-0.2, 0) is 4.74 Å². The number of aliphatic hydroxyl groups excluding tert-OH is 2. The quantitative estimate of drug-likeness (QED) is 0.423. The molecule has 1 aliphatic heterocycles. The summed E-state index contributed by atoms with van der Waals surface area (Å²) in [4.78, 5) is 2.91. The molecule has 4 N–H and O–H groups in total. The van der Waals surface area contributed by atoms with E-state index in [4.69, 9.17) is 9.84 Å². The lowest BCUT2D eigenvalue weighted by molar-refractivity contribution is -1.01. The number of hydrogen-bond acceptors (Lipinski definition) is 3. The van der Waals surface area contributed by atoms with E-state index in [-0.39, 0.29) is 6.61 Å². The molecule has 5 nitrogen and oxygen atoms in total. The highest BCUT2D eigenvalue weighted by atomic mass is 16.5. The third-order valence-corrected chi connectivity index (χ3v) is 4.70. The molecule has 130 valence electrons. The van der Waals surface area contributed by atoms with Crippen molar-refractivity contribution < 1.29 is 24.7 Å². The monoisotopic (exact) mass is 324 g/mol. The molecule has 5 heteroatoms. The number of quaternary nitrogens is 2. The van der Waals surface area contributed by atoms with Gasteiger partial charge in [-0.25, -0.2) is 0 Å². The van der Waals surface area contributed by atoms with E-state index < -0.39 is 6.10 Å². The zero-order valence-corrected chi connectivity index (χ0v) is 14.2. The molecule has 0 aliphatic carbocycles. The molecule has 0 amide bonds. The second-order valence-electron chi connectivity index (χ2n) is 6.68. The first-order valence-corrected chi connectivity index (χ1v) is 8.77. The summed E-state index contributed by atoms with van der Waals surface area (Å²) in [6.45, 7) is 9.35. The molecule has 2 rings (SSSR count). The highest BCUT2D eigenvalue weighted by Crippen LogP contribution is 2.14. The van der Waals surface area contributed by atoms with Crippen molar-refractivity contribution in [1.82, 2.24) is 0 Å². The van der Waals surface area contributed by atoms with Crippen molar-refractivity contribution in [3.05, 3.63) is 35.9 Å². The Morgan fingerprint density at radius 1 is 1.04 bits per heavy atom. The summed E-state index contributed by atoms with van der Waals surface area (Å²) < 4.78 is 5.71. The molecule has 0 aromatic heterocycles. The first kappa shape index (κ1) is 18.4. The van der Waals surface area contributed by atoms with Crippen LogP contribution in [0.25, 0.3) is 0 Å². The van der Waals surface area contributed by atoms with Gasteiger partial charge in [0.2, 0.25) is 0 Å². The molecule has 23 heavy (non-hydrogen) atoms. The van der Waals surface area contributed by atoms with Crippen molar-refractivity contribution in [2.24, 2.45) is 0 Å². The topological polar surface area (TPSA) is 58.6 Å². The van der Waals surface area contributed by atoms with Crippen LogP contribution in [0.1, 0.15) is 18.4 Å². The molecule has 0 unspecified atom stereocenters. The van der Waals surface area contributed by atoms with Gasteiger partial charge in [0, 0.05) is 5.92 Å². The van der Waals surface area contributed by atoms with Crippen LogP contribution in [0.5, 0.6) is 0 Å². The van der Waals surface area contributed by atoms with Gasteiger partial charge < -0.3 is 24.7 Å². The van der Waals surface area contributed by atoms with Gasteiger partial charge in [0.05, 0.1) is 19.8 Å². The van der Waals surface area contributed by atoms with Gasteiger partial charge in [-0.3, -0.25) is 0 Å². The molecule has 2 atom stereocenters. The minimum atomic E-state index is -0.396. The number of ether oxygens (including phenoxy) is 1. The lowest BCUT2D eigenvalue weighted by Gasteiger charge is -2.30. The fraction of sp³-hybridized carbons (Fsp3) is 0.667. The van der Waals surface area contributed by atoms with Crippen LogP contribution in [0.3, 0.4) is 0 Å². The predicted octanol–water partition coefficient (Wildman–Crippen LogP) is -2.06. The average Bonchev–Trinajstić information content (AvgIpc) is 2.57. The molecule has 0 bridgehead atoms. The van der Waals surface area contributed by atoms with E-state index in [1.807, 2.05) is 18.2 Å². The Hall–Kier alpha value is -0.980. The van der Waals surface area contributed by atoms with Crippen LogP contribution < -0.4 is 9.80 Å². The van der Waals surface area contributed by atoms with Crippen molar-refractivity contribution >= 4 is 0 Å². The summed E-state index contributed by atoms with van der Waals surface area (Å²) in [7, 11) is 0. The zero-order chi connectivity index (χ0) is 16.5. The molecular weight excluding hydrogens is 292 g/mol. The first-order chi connectivity index (χ1) is 11.2. The maximum absolute atomic E-state index is 10.2. The Morgan fingerprint density at radius 2 is 1.70 bits per heavy atom. The number of aliphatic hydroxyl groups is 2. The zero-order valence-electron chi connectivity index (χ0n) is 14.2. The maximum Gasteiger partial charge on any atom is 0.127 e. The van der Waals surface area contributed by atoms with E-state index in [0.29, 0.717) is 19.1 Å². The largest absolute Gasteiger partial charge is 0.391 e. The van der Waals surface area contributed by atoms with Gasteiger partial charge in [0.15, 0.2) is 0 Å². The normalized spacial score (nSPS) is 24.3. The molecule has 1 saturated heterocycles. The summed E-state index contributed by atoms with van der Waals surface area (Å²) in [6, 6.07) is 10.3. The summed E-state index contributed by atoms with van der Waals surface area (Å²) in [5, 5.41) is 19.1. The molecule has 0 spiro atoms. The van der Waals surface area contributed by atoms with Gasteiger partial charge in [0.1, 0.15) is 45.4 Å². The Bertz CT molecular complexity index is 422. The number of benzene rings is 1. The summed E-state index contributed by atoms with van der Waals surface area (Å²) in [6.07, 6.45) is -0.396. The molecule has 1 aromatic carbocycles. The maximum atomic E-state index is 10.2. The SMILES string of the molecule is C[C@@H](COC[C@@H](O)C[NH+]1CC[NH+](CCO)CC1)c1ccccc1. The molecular formula is C18H32N2O3+2. The van der Waals surface area contributed by atoms with Crippen LogP contribution in [0.2, 0.25) is 0 Å². The van der Waals surface area contributed by atoms with Crippen molar-refractivity contribution in [1.29, 1.82) is 0 Å². The van der Waals surface area contributed by atoms with Gasteiger partial charge >= 0.3 is 0 Å². The number of piperazine rings is 1. The van der Waals surface area contributed by atoms with E-state index >= 15 is 0 Å². The van der Waals surface area contributed by atoms with E-state index in [1.54, 1.807) is 0 Å². The molecule has 1 fully saturated rings. The van der Waals surface area contributed by atoms with E-state index in [1.165, 1.54) is 15.4 Å². The lowest BCUT2D eigenvalue weighted by Crippen LogP contribution is -3.28. The highest BCUT2D eigenvalue weighted by molar-refractivity contribution is 5.18. The predicted molar refractivity (Wildman–Crippen MR) is 89.9 cm³/mol. The second-order valence-corrected chi connectivity index (χ2v) is 6.68. The average molecular weight is 324 g/mol. The van der Waals surface area contributed by atoms with Gasteiger partial charge in [0.25, 0.3) is 0 Å². The standard InChI is InChI=1S/C18H30N2O3/c1-16(17-5-3-2-4-6-17)14-23-15-18(22)13-20-9-7-19(8-10-20)11-12-21/h2-6,16,18,21-22H,7-15H2,1H3/p+2/t16-,18-/m0/s1. The van der Waals surface area contributed by atoms with Crippen molar-refractivity contribution in [3.8, 4) is 0 Å². The Kier molecular flexibility index (Phi) is 7.99. The van der Waals surface area contributed by atoms with Crippen molar-refractivity contribution in [2.75, 3.05) is 59.1 Å². The van der Waals surface area contributed by atoms with Crippen LogP contribution in [0, 0.1) is 0 Å². The molecule has 0 saturated carbocycles. The van der Waals surface area contributed by atoms with Gasteiger partial charge in [-0.1, -0.05) is 37.3 Å². The van der Waals surface area contributed by atoms with Gasteiger partial charge in [-0.2, -0.15) is 0 Å². The van der Waals surface area contributed by atoms with Crippen molar-refractivity contribution in [3.63, 3.8) is 0 Å². The number of rotatable bonds is 9. The van der Waals surface area contributed by atoms with E-state index in [9.17, 15) is 5.11 Å². The minimum Gasteiger partial charge on any atom is -0.391 e. The first-order valence-electron chi connectivity index (χ1n) is 8.77. The van der Waals surface area contributed by atoms with Gasteiger partial charge in [-0.15, -0.1) is 0 Å². The fourth-order valence-electron chi connectivity index (χ4n) is 3.22. The third kappa shape index (κ3) is 6.57. The Balaban J connectivity index is 1.59. The number of hydrogen-bond donors (Lipinski definition) is 4. The van der Waals surface area contributed by atoms with Gasteiger partial charge in [-0.05, 0) is 5.56 Å².